The lowest BCUT2D eigenvalue weighted by molar-refractivity contribution is 0.170. The molecular weight excluding hydrogens is 274 g/mol. The molecule has 4 rings (SSSR count). The Balaban J connectivity index is 1.79. The van der Waals surface area contributed by atoms with Gasteiger partial charge in [0.2, 0.25) is 0 Å². The predicted octanol–water partition coefficient (Wildman–Crippen LogP) is 1.06. The number of carboxylic acid groups (broad SMARTS) is 1. The number of fused-ring (bicyclic) bond motifs is 5. The van der Waals surface area contributed by atoms with Crippen molar-refractivity contribution >= 4 is 17.6 Å². The highest BCUT2D eigenvalue weighted by Gasteiger charge is 2.28. The molecule has 0 radical (unpaired) electrons. The van der Waals surface area contributed by atoms with Crippen molar-refractivity contribution in [1.29, 1.82) is 0 Å². The molecule has 0 fully saturated rings. The fourth-order valence-electron chi connectivity index (χ4n) is 2.54. The molecule has 3 N–H and O–H groups in total. The third-order valence-electron chi connectivity index (χ3n) is 3.58. The third kappa shape index (κ3) is 1.88. The average molecular weight is 287 g/mol. The first-order valence-electron chi connectivity index (χ1n) is 6.54. The van der Waals surface area contributed by atoms with E-state index in [4.69, 9.17) is 9.84 Å². The second-order valence-corrected chi connectivity index (χ2v) is 4.89. The fraction of sp³-hybridized carbons (Fsp3) is 0.231. The van der Waals surface area contributed by atoms with Crippen molar-refractivity contribution < 1.29 is 14.6 Å². The summed E-state index contributed by atoms with van der Waals surface area (Å²) in [4.78, 5) is 18.8. The number of carbonyl (C=O) groups is 1. The van der Waals surface area contributed by atoms with Crippen LogP contribution in [0.2, 0.25) is 0 Å². The van der Waals surface area contributed by atoms with Crippen LogP contribution in [0, 0.1) is 0 Å². The van der Waals surface area contributed by atoms with E-state index in [9.17, 15) is 4.79 Å². The Morgan fingerprint density at radius 1 is 1.43 bits per heavy atom. The van der Waals surface area contributed by atoms with Crippen LogP contribution in [0.3, 0.4) is 0 Å². The van der Waals surface area contributed by atoms with Gasteiger partial charge >= 0.3 is 6.09 Å². The molecule has 3 aliphatic rings. The summed E-state index contributed by atoms with van der Waals surface area (Å²) in [6, 6.07) is 1.90. The molecule has 1 aromatic heterocycles. The maximum atomic E-state index is 11.2. The summed E-state index contributed by atoms with van der Waals surface area (Å²) in [5.41, 5.74) is 2.40. The van der Waals surface area contributed by atoms with Gasteiger partial charge in [-0.15, -0.1) is 0 Å². The normalized spacial score (nSPS) is 18.8. The molecule has 4 heterocycles. The number of rotatable bonds is 0. The van der Waals surface area contributed by atoms with Crippen LogP contribution in [0.1, 0.15) is 5.69 Å². The van der Waals surface area contributed by atoms with Crippen LogP contribution in [0.15, 0.2) is 30.4 Å². The SMILES string of the molecule is O=C(O)N1C=CN2CC1=COc1cc3c(nc12)CNCN3. The van der Waals surface area contributed by atoms with Gasteiger partial charge in [0.25, 0.3) is 0 Å². The predicted molar refractivity (Wildman–Crippen MR) is 74.6 cm³/mol. The van der Waals surface area contributed by atoms with E-state index in [1.54, 1.807) is 6.20 Å². The minimum absolute atomic E-state index is 0.405. The molecule has 1 aromatic rings. The summed E-state index contributed by atoms with van der Waals surface area (Å²) in [6.45, 7) is 1.78. The minimum atomic E-state index is -1.04. The zero-order chi connectivity index (χ0) is 14.4. The largest absolute Gasteiger partial charge is 0.464 e. The van der Waals surface area contributed by atoms with Crippen LogP contribution >= 0.6 is 0 Å². The molecule has 0 aromatic carbocycles. The number of anilines is 2. The van der Waals surface area contributed by atoms with Gasteiger partial charge in [-0.2, -0.15) is 0 Å². The molecule has 8 heteroatoms. The zero-order valence-corrected chi connectivity index (χ0v) is 11.0. The third-order valence-corrected chi connectivity index (χ3v) is 3.58. The summed E-state index contributed by atoms with van der Waals surface area (Å²) in [5, 5.41) is 15.6. The van der Waals surface area contributed by atoms with Crippen LogP contribution in [0.5, 0.6) is 5.75 Å². The molecule has 0 saturated carbocycles. The highest BCUT2D eigenvalue weighted by Crippen LogP contribution is 2.36. The maximum absolute atomic E-state index is 11.2. The molecule has 0 saturated heterocycles. The number of hydrogen-bond acceptors (Lipinski definition) is 6. The highest BCUT2D eigenvalue weighted by atomic mass is 16.5. The Morgan fingerprint density at radius 3 is 3.19 bits per heavy atom. The Kier molecular flexibility index (Phi) is 2.51. The quantitative estimate of drug-likeness (QED) is 0.657. The van der Waals surface area contributed by atoms with Crippen molar-refractivity contribution in [2.75, 3.05) is 23.4 Å². The molecule has 0 unspecified atom stereocenters. The fourth-order valence-corrected chi connectivity index (χ4v) is 2.54. The molecule has 21 heavy (non-hydrogen) atoms. The van der Waals surface area contributed by atoms with Crippen molar-refractivity contribution in [3.05, 3.63) is 36.1 Å². The highest BCUT2D eigenvalue weighted by molar-refractivity contribution is 5.72. The van der Waals surface area contributed by atoms with E-state index in [0.29, 0.717) is 37.0 Å². The van der Waals surface area contributed by atoms with Crippen molar-refractivity contribution in [2.24, 2.45) is 0 Å². The van der Waals surface area contributed by atoms with E-state index < -0.39 is 6.09 Å². The van der Waals surface area contributed by atoms with Crippen LogP contribution in [0.4, 0.5) is 16.3 Å². The van der Waals surface area contributed by atoms with Gasteiger partial charge in [0, 0.05) is 25.0 Å². The maximum Gasteiger partial charge on any atom is 0.415 e. The Labute approximate surface area is 120 Å². The summed E-state index contributed by atoms with van der Waals surface area (Å²) in [5.74, 6) is 1.29. The van der Waals surface area contributed by atoms with Gasteiger partial charge in [-0.25, -0.2) is 9.78 Å². The Hall–Kier alpha value is -2.74. The van der Waals surface area contributed by atoms with Gasteiger partial charge in [-0.1, -0.05) is 0 Å². The number of hydrogen-bond donors (Lipinski definition) is 3. The van der Waals surface area contributed by atoms with Gasteiger partial charge in [0.05, 0.1) is 30.3 Å². The number of aromatic nitrogens is 1. The number of nitrogens with one attached hydrogen (secondary N) is 2. The Bertz CT molecular complexity index is 685. The summed E-state index contributed by atoms with van der Waals surface area (Å²) in [7, 11) is 0. The minimum Gasteiger partial charge on any atom is -0.464 e. The molecule has 0 spiro atoms. The van der Waals surface area contributed by atoms with Crippen molar-refractivity contribution in [2.45, 2.75) is 6.54 Å². The van der Waals surface area contributed by atoms with Crippen LogP contribution in [-0.2, 0) is 6.54 Å². The Morgan fingerprint density at radius 2 is 2.33 bits per heavy atom. The van der Waals surface area contributed by atoms with E-state index in [0.717, 1.165) is 16.3 Å². The summed E-state index contributed by atoms with van der Waals surface area (Å²) in [6.07, 6.45) is 3.62. The molecule has 0 atom stereocenters. The van der Waals surface area contributed by atoms with E-state index in [1.807, 2.05) is 11.0 Å². The first-order chi connectivity index (χ1) is 10.2. The standard InChI is InChI=1S/C13H13N5O3/c19-13(20)18-2-1-17-5-8(18)6-21-11-3-9-10(16-12(11)17)4-14-7-15-9/h1-3,6,14-15H,4-5,7H2,(H,19,20). The summed E-state index contributed by atoms with van der Waals surface area (Å²) < 4.78 is 5.64. The van der Waals surface area contributed by atoms with Crippen molar-refractivity contribution in [3.8, 4) is 5.75 Å². The lowest BCUT2D eigenvalue weighted by Crippen LogP contribution is -2.35. The molecule has 3 aliphatic heterocycles. The van der Waals surface area contributed by atoms with Crippen molar-refractivity contribution in [3.63, 3.8) is 0 Å². The molecule has 2 bridgehead atoms. The number of nitrogens with zero attached hydrogens (tertiary/aromatic N) is 3. The first kappa shape index (κ1) is 12.0. The van der Waals surface area contributed by atoms with E-state index in [2.05, 4.69) is 15.6 Å². The van der Waals surface area contributed by atoms with E-state index in [1.165, 1.54) is 12.5 Å². The van der Waals surface area contributed by atoms with Crippen molar-refractivity contribution in [1.82, 2.24) is 15.2 Å². The number of amides is 1. The van der Waals surface area contributed by atoms with E-state index in [-0.39, 0.29) is 0 Å². The summed E-state index contributed by atoms with van der Waals surface area (Å²) >= 11 is 0. The molecule has 0 aliphatic carbocycles. The molecule has 8 nitrogen and oxygen atoms in total. The second-order valence-electron chi connectivity index (χ2n) is 4.89. The lowest BCUT2D eigenvalue weighted by Gasteiger charge is -2.29. The number of ether oxygens (including phenoxy) is 1. The van der Waals surface area contributed by atoms with Crippen LogP contribution in [0.25, 0.3) is 0 Å². The molecule has 1 amide bonds. The van der Waals surface area contributed by atoms with Crippen LogP contribution in [-0.4, -0.2) is 34.3 Å². The smallest absolute Gasteiger partial charge is 0.415 e. The van der Waals surface area contributed by atoms with E-state index >= 15 is 0 Å². The molecular formula is C13H13N5O3. The van der Waals surface area contributed by atoms with Crippen LogP contribution < -0.4 is 20.3 Å². The van der Waals surface area contributed by atoms with Gasteiger partial charge in [-0.05, 0) is 0 Å². The van der Waals surface area contributed by atoms with Gasteiger partial charge in [0.15, 0.2) is 11.6 Å². The number of pyridine rings is 1. The average Bonchev–Trinajstić information content (AvgIpc) is 2.63. The van der Waals surface area contributed by atoms with Gasteiger partial charge in [0.1, 0.15) is 6.26 Å². The molecule has 108 valence electrons. The van der Waals surface area contributed by atoms with Gasteiger partial charge in [-0.3, -0.25) is 10.2 Å². The lowest BCUT2D eigenvalue weighted by atomic mass is 10.2. The monoisotopic (exact) mass is 287 g/mol. The first-order valence-corrected chi connectivity index (χ1v) is 6.54. The zero-order valence-electron chi connectivity index (χ0n) is 11.0. The topological polar surface area (TPSA) is 90.0 Å². The second kappa shape index (κ2) is 4.38. The van der Waals surface area contributed by atoms with Gasteiger partial charge < -0.3 is 20.1 Å².